The number of amides is 1. The van der Waals surface area contributed by atoms with Crippen LogP contribution in [0.4, 0.5) is 5.69 Å². The number of carbonyl (C=O) groups is 1. The lowest BCUT2D eigenvalue weighted by Gasteiger charge is -2.35. The molecule has 0 spiro atoms. The summed E-state index contributed by atoms with van der Waals surface area (Å²) in [6.45, 7) is 3.02. The first-order valence-electron chi connectivity index (χ1n) is 11.9. The van der Waals surface area contributed by atoms with E-state index in [2.05, 4.69) is 14.6 Å². The average Bonchev–Trinajstić information content (AvgIpc) is 2.91. The number of carbonyl (C=O) groups excluding carboxylic acids is 1. The molecule has 1 aliphatic heterocycles. The first-order valence-corrected chi connectivity index (χ1v) is 14.1. The Kier molecular flexibility index (Phi) is 7.45. The fraction of sp³-hybridized carbons (Fsp3) is 0.185. The number of sulfonamides is 1. The zero-order valence-electron chi connectivity index (χ0n) is 20.1. The highest BCUT2D eigenvalue weighted by Crippen LogP contribution is 2.33. The third-order valence-corrected chi connectivity index (χ3v) is 8.40. The van der Waals surface area contributed by atoms with Gasteiger partial charge in [-0.3, -0.25) is 19.4 Å². The lowest BCUT2D eigenvalue weighted by molar-refractivity contribution is 0.0628. The molecule has 5 rings (SSSR count). The van der Waals surface area contributed by atoms with E-state index >= 15 is 0 Å². The van der Waals surface area contributed by atoms with Gasteiger partial charge >= 0.3 is 0 Å². The molecule has 2 heterocycles. The van der Waals surface area contributed by atoms with Crippen molar-refractivity contribution in [3.05, 3.63) is 94.1 Å². The minimum atomic E-state index is -3.88. The number of para-hydroxylation sites is 1. The number of aromatic hydroxyl groups is 1. The second-order valence-corrected chi connectivity index (χ2v) is 11.5. The fourth-order valence-electron chi connectivity index (χ4n) is 4.44. The maximum absolute atomic E-state index is 13.1. The van der Waals surface area contributed by atoms with Crippen LogP contribution in [0.15, 0.2) is 77.8 Å². The maximum atomic E-state index is 13.1. The third kappa shape index (κ3) is 5.56. The second kappa shape index (κ2) is 10.8. The Labute approximate surface area is 230 Å². The first kappa shape index (κ1) is 26.2. The van der Waals surface area contributed by atoms with Crippen molar-refractivity contribution in [3.63, 3.8) is 0 Å². The first-order chi connectivity index (χ1) is 18.2. The summed E-state index contributed by atoms with van der Waals surface area (Å²) in [6.07, 6.45) is 1.56. The zero-order chi connectivity index (χ0) is 26.9. The number of piperazine rings is 1. The number of pyridine rings is 1. The molecule has 0 atom stereocenters. The Hall–Kier alpha value is -3.37. The SMILES string of the molecule is O=C(c1ccc(NS(=O)(=O)c2cccc3cccnc23)cc1)N1CCN(Cc2cc(Cl)c(O)c(Cl)c2)CC1. The maximum Gasteiger partial charge on any atom is 0.264 e. The largest absolute Gasteiger partial charge is 0.505 e. The van der Waals surface area contributed by atoms with Crippen LogP contribution in [0.3, 0.4) is 0 Å². The monoisotopic (exact) mass is 570 g/mol. The number of nitrogens with zero attached hydrogens (tertiary/aromatic N) is 3. The van der Waals surface area contributed by atoms with E-state index in [1.807, 2.05) is 0 Å². The molecule has 11 heteroatoms. The van der Waals surface area contributed by atoms with Crippen molar-refractivity contribution in [2.75, 3.05) is 30.9 Å². The number of fused-ring (bicyclic) bond motifs is 1. The summed E-state index contributed by atoms with van der Waals surface area (Å²) in [5.74, 6) is -0.245. The molecule has 196 valence electrons. The second-order valence-electron chi connectivity index (χ2n) is 8.99. The molecule has 4 aromatic rings. The number of hydrogen-bond acceptors (Lipinski definition) is 6. The molecular formula is C27H24Cl2N4O4S. The zero-order valence-corrected chi connectivity index (χ0v) is 22.5. The topological polar surface area (TPSA) is 103 Å². The molecule has 8 nitrogen and oxygen atoms in total. The van der Waals surface area contributed by atoms with Gasteiger partial charge in [0.15, 0.2) is 5.75 Å². The molecule has 0 radical (unpaired) electrons. The van der Waals surface area contributed by atoms with Gasteiger partial charge in [-0.2, -0.15) is 0 Å². The molecular weight excluding hydrogens is 547 g/mol. The molecule has 0 unspecified atom stereocenters. The van der Waals surface area contributed by atoms with Gasteiger partial charge in [-0.15, -0.1) is 0 Å². The number of nitrogens with one attached hydrogen (secondary N) is 1. The predicted octanol–water partition coefficient (Wildman–Crippen LogP) is 5.01. The molecule has 1 aliphatic rings. The van der Waals surface area contributed by atoms with Crippen LogP contribution < -0.4 is 4.72 Å². The molecule has 38 heavy (non-hydrogen) atoms. The van der Waals surface area contributed by atoms with Crippen LogP contribution in [0.5, 0.6) is 5.75 Å². The van der Waals surface area contributed by atoms with E-state index in [4.69, 9.17) is 23.2 Å². The molecule has 1 saturated heterocycles. The van der Waals surface area contributed by atoms with Crippen molar-refractivity contribution in [1.29, 1.82) is 0 Å². The van der Waals surface area contributed by atoms with Gasteiger partial charge in [-0.25, -0.2) is 8.42 Å². The molecule has 2 N–H and O–H groups in total. The van der Waals surface area contributed by atoms with E-state index in [0.717, 1.165) is 10.9 Å². The van der Waals surface area contributed by atoms with Crippen molar-refractivity contribution in [1.82, 2.24) is 14.8 Å². The van der Waals surface area contributed by atoms with E-state index in [1.54, 1.807) is 71.8 Å². The van der Waals surface area contributed by atoms with Crippen LogP contribution >= 0.6 is 23.2 Å². The van der Waals surface area contributed by atoms with Crippen molar-refractivity contribution in [2.24, 2.45) is 0 Å². The molecule has 1 fully saturated rings. The normalized spacial score (nSPS) is 14.5. The quantitative estimate of drug-likeness (QED) is 0.338. The smallest absolute Gasteiger partial charge is 0.264 e. The summed E-state index contributed by atoms with van der Waals surface area (Å²) in [7, 11) is -3.88. The van der Waals surface area contributed by atoms with E-state index < -0.39 is 10.0 Å². The molecule has 3 aromatic carbocycles. The van der Waals surface area contributed by atoms with Crippen LogP contribution in [0, 0.1) is 0 Å². The highest BCUT2D eigenvalue weighted by molar-refractivity contribution is 7.93. The minimum absolute atomic E-state index is 0.0884. The van der Waals surface area contributed by atoms with Gasteiger partial charge in [0.25, 0.3) is 15.9 Å². The Morgan fingerprint density at radius 2 is 1.61 bits per heavy atom. The Bertz CT molecular complexity index is 1580. The molecule has 1 amide bonds. The van der Waals surface area contributed by atoms with Crippen LogP contribution in [-0.4, -0.2) is 60.4 Å². The fourth-order valence-corrected chi connectivity index (χ4v) is 6.21. The lowest BCUT2D eigenvalue weighted by atomic mass is 10.1. The number of benzene rings is 3. The summed E-state index contributed by atoms with van der Waals surface area (Å²) in [4.78, 5) is 21.3. The standard InChI is InChI=1S/C27H24Cl2N4O4S/c28-22-15-18(16-23(29)26(22)34)17-32-11-13-33(14-12-32)27(35)20-6-8-21(9-7-20)31-38(36,37)24-5-1-3-19-4-2-10-30-25(19)24/h1-10,15-16,31,34H,11-14,17H2. The number of phenolic OH excluding ortho intramolecular Hbond substituents is 1. The van der Waals surface area contributed by atoms with E-state index in [9.17, 15) is 18.3 Å². The van der Waals surface area contributed by atoms with Gasteiger partial charge in [0.05, 0.1) is 15.6 Å². The molecule has 1 aromatic heterocycles. The van der Waals surface area contributed by atoms with E-state index in [-0.39, 0.29) is 26.6 Å². The third-order valence-electron chi connectivity index (χ3n) is 6.41. The molecule has 0 saturated carbocycles. The van der Waals surface area contributed by atoms with Crippen LogP contribution in [-0.2, 0) is 16.6 Å². The Morgan fingerprint density at radius 1 is 0.947 bits per heavy atom. The number of phenols is 1. The Balaban J connectivity index is 1.21. The van der Waals surface area contributed by atoms with Gasteiger partial charge in [0, 0.05) is 55.6 Å². The molecule has 0 bridgehead atoms. The number of anilines is 1. The highest BCUT2D eigenvalue weighted by Gasteiger charge is 2.23. The van der Waals surface area contributed by atoms with Crippen LogP contribution in [0.1, 0.15) is 15.9 Å². The lowest BCUT2D eigenvalue weighted by Crippen LogP contribution is -2.48. The van der Waals surface area contributed by atoms with Crippen molar-refractivity contribution < 1.29 is 18.3 Å². The van der Waals surface area contributed by atoms with Crippen LogP contribution in [0.25, 0.3) is 10.9 Å². The van der Waals surface area contributed by atoms with Gasteiger partial charge in [-0.05, 0) is 54.1 Å². The Morgan fingerprint density at radius 3 is 2.29 bits per heavy atom. The number of rotatable bonds is 6. The van der Waals surface area contributed by atoms with Crippen LogP contribution in [0.2, 0.25) is 10.0 Å². The summed E-state index contributed by atoms with van der Waals surface area (Å²) in [5, 5.41) is 10.9. The van der Waals surface area contributed by atoms with Gasteiger partial charge in [0.1, 0.15) is 4.90 Å². The number of aromatic nitrogens is 1. The summed E-state index contributed by atoms with van der Waals surface area (Å²) < 4.78 is 28.7. The summed E-state index contributed by atoms with van der Waals surface area (Å²) in [6, 6.07) is 18.3. The minimum Gasteiger partial charge on any atom is -0.505 e. The van der Waals surface area contributed by atoms with E-state index in [0.29, 0.717) is 49.5 Å². The molecule has 0 aliphatic carbocycles. The number of halogens is 2. The summed E-state index contributed by atoms with van der Waals surface area (Å²) >= 11 is 12.0. The predicted molar refractivity (Wildman–Crippen MR) is 148 cm³/mol. The number of hydrogen-bond donors (Lipinski definition) is 2. The van der Waals surface area contributed by atoms with Crippen molar-refractivity contribution in [3.8, 4) is 5.75 Å². The highest BCUT2D eigenvalue weighted by atomic mass is 35.5. The van der Waals surface area contributed by atoms with Gasteiger partial charge in [0.2, 0.25) is 0 Å². The average molecular weight is 571 g/mol. The van der Waals surface area contributed by atoms with Gasteiger partial charge < -0.3 is 10.0 Å². The summed E-state index contributed by atoms with van der Waals surface area (Å²) in [5.41, 5.74) is 2.11. The van der Waals surface area contributed by atoms with E-state index in [1.165, 1.54) is 6.07 Å². The van der Waals surface area contributed by atoms with Gasteiger partial charge in [-0.1, -0.05) is 41.4 Å². The van der Waals surface area contributed by atoms with Crippen molar-refractivity contribution in [2.45, 2.75) is 11.4 Å². The van der Waals surface area contributed by atoms with Crippen molar-refractivity contribution >= 4 is 55.7 Å².